The molecule has 3 rings (SSSR count). The molecule has 1 aromatic heterocycles. The molecule has 0 spiro atoms. The van der Waals surface area contributed by atoms with E-state index in [1.807, 2.05) is 12.1 Å². The molecule has 1 aliphatic rings. The van der Waals surface area contributed by atoms with E-state index in [4.69, 9.17) is 5.73 Å². The first kappa shape index (κ1) is 14.3. The molecule has 0 bridgehead atoms. The van der Waals surface area contributed by atoms with Gasteiger partial charge in [0.05, 0.1) is 6.04 Å². The van der Waals surface area contributed by atoms with E-state index >= 15 is 0 Å². The Morgan fingerprint density at radius 3 is 2.76 bits per heavy atom. The Hall–Kier alpha value is -1.61. The highest BCUT2D eigenvalue weighted by Crippen LogP contribution is 2.34. The average Bonchev–Trinajstić information content (AvgIpc) is 2.79. The largest absolute Gasteiger partial charge is 0.341 e. The third-order valence-electron chi connectivity index (χ3n) is 4.76. The van der Waals surface area contributed by atoms with Crippen molar-refractivity contribution in [1.82, 2.24) is 4.57 Å². The molecular weight excluding hydrogens is 263 g/mol. The number of hydrogen-bond donors (Lipinski definition) is 1. The van der Waals surface area contributed by atoms with Crippen LogP contribution in [0.3, 0.4) is 0 Å². The van der Waals surface area contributed by atoms with Crippen molar-refractivity contribution in [3.8, 4) is 0 Å². The zero-order valence-corrected chi connectivity index (χ0v) is 13.0. The second kappa shape index (κ2) is 5.30. The SMILES string of the molecule is Cc1ccc(C(C)n2c(C)cc3c2CCCC3N)cc1F. The summed E-state index contributed by atoms with van der Waals surface area (Å²) in [5, 5.41) is 0. The highest BCUT2D eigenvalue weighted by molar-refractivity contribution is 5.36. The first-order valence-corrected chi connectivity index (χ1v) is 7.71. The maximum atomic E-state index is 13.9. The van der Waals surface area contributed by atoms with Crippen LogP contribution in [-0.4, -0.2) is 4.57 Å². The predicted molar refractivity (Wildman–Crippen MR) is 84.0 cm³/mol. The van der Waals surface area contributed by atoms with E-state index in [1.165, 1.54) is 17.0 Å². The molecule has 112 valence electrons. The molecule has 2 aromatic rings. The summed E-state index contributed by atoms with van der Waals surface area (Å²) in [6.45, 7) is 6.05. The summed E-state index contributed by atoms with van der Waals surface area (Å²) in [5.41, 5.74) is 11.8. The second-order valence-corrected chi connectivity index (χ2v) is 6.24. The Balaban J connectivity index is 2.05. The minimum Gasteiger partial charge on any atom is -0.341 e. The van der Waals surface area contributed by atoms with Crippen molar-refractivity contribution in [1.29, 1.82) is 0 Å². The zero-order valence-electron chi connectivity index (χ0n) is 13.0. The van der Waals surface area contributed by atoms with Crippen LogP contribution in [0.15, 0.2) is 24.3 Å². The Bertz CT molecular complexity index is 672. The van der Waals surface area contributed by atoms with Gasteiger partial charge < -0.3 is 10.3 Å². The smallest absolute Gasteiger partial charge is 0.126 e. The van der Waals surface area contributed by atoms with E-state index in [9.17, 15) is 4.39 Å². The van der Waals surface area contributed by atoms with Gasteiger partial charge in [-0.05, 0) is 68.9 Å². The molecule has 3 heteroatoms. The van der Waals surface area contributed by atoms with Gasteiger partial charge in [-0.15, -0.1) is 0 Å². The molecule has 1 aliphatic carbocycles. The lowest BCUT2D eigenvalue weighted by Gasteiger charge is -2.25. The number of fused-ring (bicyclic) bond motifs is 1. The van der Waals surface area contributed by atoms with Crippen LogP contribution in [-0.2, 0) is 6.42 Å². The normalized spacial score (nSPS) is 19.4. The van der Waals surface area contributed by atoms with E-state index in [0.717, 1.165) is 24.8 Å². The number of nitrogens with zero attached hydrogens (tertiary/aromatic N) is 1. The van der Waals surface area contributed by atoms with Crippen LogP contribution in [0, 0.1) is 19.7 Å². The maximum Gasteiger partial charge on any atom is 0.126 e. The lowest BCUT2D eigenvalue weighted by molar-refractivity contribution is 0.519. The highest BCUT2D eigenvalue weighted by atomic mass is 19.1. The van der Waals surface area contributed by atoms with E-state index in [-0.39, 0.29) is 17.9 Å². The minimum atomic E-state index is -0.130. The fourth-order valence-corrected chi connectivity index (χ4v) is 3.52. The van der Waals surface area contributed by atoms with Crippen LogP contribution >= 0.6 is 0 Å². The molecule has 0 amide bonds. The maximum absolute atomic E-state index is 13.9. The molecule has 0 saturated heterocycles. The van der Waals surface area contributed by atoms with Crippen molar-refractivity contribution in [3.05, 3.63) is 58.2 Å². The summed E-state index contributed by atoms with van der Waals surface area (Å²) in [6, 6.07) is 8.04. The lowest BCUT2D eigenvalue weighted by Crippen LogP contribution is -2.20. The Morgan fingerprint density at radius 1 is 1.29 bits per heavy atom. The summed E-state index contributed by atoms with van der Waals surface area (Å²) in [4.78, 5) is 0. The first-order valence-electron chi connectivity index (χ1n) is 7.71. The summed E-state index contributed by atoms with van der Waals surface area (Å²) in [5.74, 6) is -0.130. The third kappa shape index (κ3) is 2.40. The average molecular weight is 286 g/mol. The summed E-state index contributed by atoms with van der Waals surface area (Å²) < 4.78 is 16.2. The van der Waals surface area contributed by atoms with Gasteiger partial charge in [-0.2, -0.15) is 0 Å². The highest BCUT2D eigenvalue weighted by Gasteiger charge is 2.24. The van der Waals surface area contributed by atoms with Gasteiger partial charge >= 0.3 is 0 Å². The van der Waals surface area contributed by atoms with Gasteiger partial charge in [-0.3, -0.25) is 0 Å². The monoisotopic (exact) mass is 286 g/mol. The van der Waals surface area contributed by atoms with E-state index in [1.54, 1.807) is 13.0 Å². The van der Waals surface area contributed by atoms with E-state index < -0.39 is 0 Å². The molecule has 2 N–H and O–H groups in total. The lowest BCUT2D eigenvalue weighted by atomic mass is 9.93. The summed E-state index contributed by atoms with van der Waals surface area (Å²) in [6.07, 6.45) is 3.26. The number of rotatable bonds is 2. The predicted octanol–water partition coefficient (Wildman–Crippen LogP) is 4.19. The van der Waals surface area contributed by atoms with Crippen LogP contribution < -0.4 is 5.73 Å². The van der Waals surface area contributed by atoms with Gasteiger partial charge in [0.15, 0.2) is 0 Å². The quantitative estimate of drug-likeness (QED) is 0.881. The molecule has 1 heterocycles. The van der Waals surface area contributed by atoms with Crippen molar-refractivity contribution < 1.29 is 4.39 Å². The third-order valence-corrected chi connectivity index (χ3v) is 4.76. The molecule has 0 fully saturated rings. The molecule has 21 heavy (non-hydrogen) atoms. The van der Waals surface area contributed by atoms with Crippen LogP contribution in [0.2, 0.25) is 0 Å². The van der Waals surface area contributed by atoms with Crippen molar-refractivity contribution in [2.24, 2.45) is 5.73 Å². The standard InChI is InChI=1S/C18H23FN2/c1-11-7-8-14(10-16(11)19)13(3)21-12(2)9-15-17(20)5-4-6-18(15)21/h7-10,13,17H,4-6,20H2,1-3H3. The molecule has 2 unspecified atom stereocenters. The minimum absolute atomic E-state index is 0.130. The number of benzene rings is 1. The summed E-state index contributed by atoms with van der Waals surface area (Å²) in [7, 11) is 0. The van der Waals surface area contributed by atoms with Gasteiger partial charge in [0, 0.05) is 17.4 Å². The fraction of sp³-hybridized carbons (Fsp3) is 0.444. The van der Waals surface area contributed by atoms with Crippen molar-refractivity contribution in [2.75, 3.05) is 0 Å². The van der Waals surface area contributed by atoms with Crippen LogP contribution in [0.5, 0.6) is 0 Å². The Kier molecular flexibility index (Phi) is 3.62. The second-order valence-electron chi connectivity index (χ2n) is 6.24. The van der Waals surface area contributed by atoms with Gasteiger partial charge in [0.25, 0.3) is 0 Å². The van der Waals surface area contributed by atoms with Crippen molar-refractivity contribution in [3.63, 3.8) is 0 Å². The fourth-order valence-electron chi connectivity index (χ4n) is 3.52. The molecule has 0 aliphatic heterocycles. The van der Waals surface area contributed by atoms with Crippen molar-refractivity contribution in [2.45, 2.75) is 52.1 Å². The Morgan fingerprint density at radius 2 is 2.05 bits per heavy atom. The number of hydrogen-bond acceptors (Lipinski definition) is 1. The van der Waals surface area contributed by atoms with Gasteiger partial charge in [-0.1, -0.05) is 12.1 Å². The topological polar surface area (TPSA) is 30.9 Å². The number of halogens is 1. The van der Waals surface area contributed by atoms with Crippen molar-refractivity contribution >= 4 is 0 Å². The number of aromatic nitrogens is 1. The molecular formula is C18H23FN2. The van der Waals surface area contributed by atoms with Gasteiger partial charge in [-0.25, -0.2) is 4.39 Å². The van der Waals surface area contributed by atoms with Gasteiger partial charge in [0.2, 0.25) is 0 Å². The van der Waals surface area contributed by atoms with Crippen LogP contribution in [0.1, 0.15) is 59.9 Å². The Labute approximate surface area is 125 Å². The van der Waals surface area contributed by atoms with Crippen LogP contribution in [0.4, 0.5) is 4.39 Å². The molecule has 2 nitrogen and oxygen atoms in total. The number of nitrogens with two attached hydrogens (primary N) is 1. The molecule has 1 aromatic carbocycles. The first-order chi connectivity index (χ1) is 9.99. The molecule has 2 atom stereocenters. The van der Waals surface area contributed by atoms with Crippen LogP contribution in [0.25, 0.3) is 0 Å². The molecule has 0 radical (unpaired) electrons. The zero-order chi connectivity index (χ0) is 15.1. The van der Waals surface area contributed by atoms with E-state index in [0.29, 0.717) is 5.56 Å². The van der Waals surface area contributed by atoms with E-state index in [2.05, 4.69) is 24.5 Å². The van der Waals surface area contributed by atoms with Gasteiger partial charge in [0.1, 0.15) is 5.82 Å². The number of aryl methyl sites for hydroxylation is 2. The molecule has 0 saturated carbocycles. The summed E-state index contributed by atoms with van der Waals surface area (Å²) >= 11 is 0.